The van der Waals surface area contributed by atoms with E-state index in [1.807, 2.05) is 0 Å². The number of nitrogens with two attached hydrogens (primary N) is 1. The molecule has 0 unspecified atom stereocenters. The predicted octanol–water partition coefficient (Wildman–Crippen LogP) is 2.87. The van der Waals surface area contributed by atoms with Crippen molar-refractivity contribution in [1.82, 2.24) is 4.98 Å². The highest BCUT2D eigenvalue weighted by atomic mass is 32.1. The average Bonchev–Trinajstić information content (AvgIpc) is 2.35. The molecule has 7 heteroatoms. The van der Waals surface area contributed by atoms with Gasteiger partial charge in [-0.2, -0.15) is 13.2 Å². The maximum atomic E-state index is 12.6. The van der Waals surface area contributed by atoms with E-state index in [1.165, 1.54) is 13.2 Å². The van der Waals surface area contributed by atoms with Gasteiger partial charge in [-0.15, -0.1) is 0 Å². The van der Waals surface area contributed by atoms with Crippen LogP contribution in [0.3, 0.4) is 0 Å². The van der Waals surface area contributed by atoms with Gasteiger partial charge in [0.2, 0.25) is 0 Å². The van der Waals surface area contributed by atoms with Crippen molar-refractivity contribution in [2.45, 2.75) is 6.18 Å². The molecule has 0 amide bonds. The zero-order valence-electron chi connectivity index (χ0n) is 10.6. The standard InChI is InChI=1S/C13H12F3N3S/c1-19(7-13(14,15)16)11-8-4-2-3-5-10(8)18-6-9(11)12(17)20/h2-6H,7H2,1H3,(H2,17,20). The molecular weight excluding hydrogens is 287 g/mol. The minimum atomic E-state index is -4.31. The van der Waals surface area contributed by atoms with Crippen molar-refractivity contribution >= 4 is 33.8 Å². The SMILES string of the molecule is CN(CC(F)(F)F)c1c(C(N)=S)cnc2ccccc12. The van der Waals surface area contributed by atoms with Crippen molar-refractivity contribution in [3.8, 4) is 0 Å². The summed E-state index contributed by atoms with van der Waals surface area (Å²) in [5.74, 6) is 0. The Morgan fingerprint density at radius 3 is 2.60 bits per heavy atom. The molecule has 2 rings (SSSR count). The van der Waals surface area contributed by atoms with Gasteiger partial charge < -0.3 is 10.6 Å². The van der Waals surface area contributed by atoms with Gasteiger partial charge in [0.25, 0.3) is 0 Å². The van der Waals surface area contributed by atoms with Gasteiger partial charge in [-0.3, -0.25) is 4.98 Å². The lowest BCUT2D eigenvalue weighted by Gasteiger charge is -2.24. The number of halogens is 3. The molecular formula is C13H12F3N3S. The van der Waals surface area contributed by atoms with E-state index >= 15 is 0 Å². The van der Waals surface area contributed by atoms with Crippen LogP contribution < -0.4 is 10.6 Å². The number of pyridine rings is 1. The van der Waals surface area contributed by atoms with E-state index < -0.39 is 12.7 Å². The Morgan fingerprint density at radius 1 is 1.35 bits per heavy atom. The Kier molecular flexibility index (Phi) is 3.80. The van der Waals surface area contributed by atoms with Crippen LogP contribution in [0.25, 0.3) is 10.9 Å². The van der Waals surface area contributed by atoms with Crippen molar-refractivity contribution < 1.29 is 13.2 Å². The first-order valence-corrected chi connectivity index (χ1v) is 6.16. The number of aromatic nitrogens is 1. The summed E-state index contributed by atoms with van der Waals surface area (Å²) in [4.78, 5) is 5.28. The lowest BCUT2D eigenvalue weighted by molar-refractivity contribution is -0.119. The van der Waals surface area contributed by atoms with E-state index in [1.54, 1.807) is 24.3 Å². The predicted molar refractivity (Wildman–Crippen MR) is 77.0 cm³/mol. The molecule has 0 aliphatic rings. The van der Waals surface area contributed by atoms with Gasteiger partial charge in [0.1, 0.15) is 11.5 Å². The zero-order valence-corrected chi connectivity index (χ0v) is 11.4. The van der Waals surface area contributed by atoms with Gasteiger partial charge in [0.15, 0.2) is 0 Å². The quantitative estimate of drug-likeness (QED) is 0.885. The Hall–Kier alpha value is -1.89. The third kappa shape index (κ3) is 2.98. The molecule has 0 saturated carbocycles. The Balaban J connectivity index is 2.63. The van der Waals surface area contributed by atoms with Crippen LogP contribution in [0.4, 0.5) is 18.9 Å². The molecule has 0 fully saturated rings. The van der Waals surface area contributed by atoms with Crippen LogP contribution in [0.5, 0.6) is 0 Å². The zero-order chi connectivity index (χ0) is 14.9. The van der Waals surface area contributed by atoms with Gasteiger partial charge in [-0.05, 0) is 6.07 Å². The topological polar surface area (TPSA) is 42.1 Å². The summed E-state index contributed by atoms with van der Waals surface area (Å²) < 4.78 is 37.8. The molecule has 1 aromatic carbocycles. The van der Waals surface area contributed by atoms with Gasteiger partial charge in [-0.25, -0.2) is 0 Å². The number of alkyl halides is 3. The van der Waals surface area contributed by atoms with Crippen molar-refractivity contribution in [1.29, 1.82) is 0 Å². The lowest BCUT2D eigenvalue weighted by atomic mass is 10.1. The number of hydrogen-bond acceptors (Lipinski definition) is 3. The number of anilines is 1. The van der Waals surface area contributed by atoms with Gasteiger partial charge >= 0.3 is 6.18 Å². The Bertz CT molecular complexity index is 655. The second-order valence-electron chi connectivity index (χ2n) is 4.37. The monoisotopic (exact) mass is 299 g/mol. The Labute approximate surface area is 119 Å². The molecule has 20 heavy (non-hydrogen) atoms. The molecule has 0 radical (unpaired) electrons. The molecule has 2 N–H and O–H groups in total. The molecule has 1 aromatic heterocycles. The first-order chi connectivity index (χ1) is 9.29. The van der Waals surface area contributed by atoms with Crippen LogP contribution in [0, 0.1) is 0 Å². The maximum absolute atomic E-state index is 12.6. The van der Waals surface area contributed by atoms with Crippen molar-refractivity contribution in [2.24, 2.45) is 5.73 Å². The van der Waals surface area contributed by atoms with Crippen molar-refractivity contribution in [3.63, 3.8) is 0 Å². The largest absolute Gasteiger partial charge is 0.405 e. The molecule has 0 atom stereocenters. The molecule has 0 bridgehead atoms. The minimum Gasteiger partial charge on any atom is -0.389 e. The van der Waals surface area contributed by atoms with Gasteiger partial charge in [-0.1, -0.05) is 30.4 Å². The molecule has 1 heterocycles. The second-order valence-corrected chi connectivity index (χ2v) is 4.81. The fraction of sp³-hybridized carbons (Fsp3) is 0.231. The fourth-order valence-corrected chi connectivity index (χ4v) is 2.22. The van der Waals surface area contributed by atoms with Crippen LogP contribution in [-0.4, -0.2) is 29.7 Å². The normalized spacial score (nSPS) is 11.6. The number of fused-ring (bicyclic) bond motifs is 1. The molecule has 0 spiro atoms. The third-order valence-electron chi connectivity index (χ3n) is 2.81. The van der Waals surface area contributed by atoms with Gasteiger partial charge in [0.05, 0.1) is 16.8 Å². The first kappa shape index (κ1) is 14.5. The van der Waals surface area contributed by atoms with E-state index in [0.29, 0.717) is 22.2 Å². The summed E-state index contributed by atoms with van der Waals surface area (Å²) in [6, 6.07) is 6.93. The van der Waals surface area contributed by atoms with E-state index in [0.717, 1.165) is 4.90 Å². The number of hydrogen-bond donors (Lipinski definition) is 1. The van der Waals surface area contributed by atoms with Crippen LogP contribution in [-0.2, 0) is 0 Å². The summed E-state index contributed by atoms with van der Waals surface area (Å²) in [6.45, 7) is -1.09. The van der Waals surface area contributed by atoms with Gasteiger partial charge in [0, 0.05) is 18.6 Å². The van der Waals surface area contributed by atoms with E-state index in [2.05, 4.69) is 4.98 Å². The highest BCUT2D eigenvalue weighted by Gasteiger charge is 2.31. The highest BCUT2D eigenvalue weighted by Crippen LogP contribution is 2.30. The number of thiocarbonyl (C=S) groups is 1. The molecule has 0 saturated heterocycles. The summed E-state index contributed by atoms with van der Waals surface area (Å²) in [5, 5.41) is 0.588. The molecule has 2 aromatic rings. The summed E-state index contributed by atoms with van der Waals surface area (Å²) in [7, 11) is 1.36. The van der Waals surface area contributed by atoms with Crippen LogP contribution >= 0.6 is 12.2 Å². The second kappa shape index (κ2) is 5.24. The average molecular weight is 299 g/mol. The lowest BCUT2D eigenvalue weighted by Crippen LogP contribution is -2.32. The van der Waals surface area contributed by atoms with E-state index in [4.69, 9.17) is 18.0 Å². The summed E-state index contributed by atoms with van der Waals surface area (Å²) in [6.07, 6.45) is -2.90. The highest BCUT2D eigenvalue weighted by molar-refractivity contribution is 7.80. The third-order valence-corrected chi connectivity index (χ3v) is 3.03. The fourth-order valence-electron chi connectivity index (χ4n) is 2.07. The Morgan fingerprint density at radius 2 is 2.00 bits per heavy atom. The maximum Gasteiger partial charge on any atom is 0.405 e. The first-order valence-electron chi connectivity index (χ1n) is 5.75. The number of rotatable bonds is 3. The molecule has 3 nitrogen and oxygen atoms in total. The number of benzene rings is 1. The molecule has 106 valence electrons. The van der Waals surface area contributed by atoms with Crippen LogP contribution in [0.2, 0.25) is 0 Å². The number of nitrogens with zero attached hydrogens (tertiary/aromatic N) is 2. The van der Waals surface area contributed by atoms with Crippen LogP contribution in [0.15, 0.2) is 30.5 Å². The molecule has 0 aliphatic heterocycles. The van der Waals surface area contributed by atoms with E-state index in [9.17, 15) is 13.2 Å². The van der Waals surface area contributed by atoms with Crippen LogP contribution in [0.1, 0.15) is 5.56 Å². The number of para-hydroxylation sites is 1. The van der Waals surface area contributed by atoms with Crippen molar-refractivity contribution in [3.05, 3.63) is 36.0 Å². The van der Waals surface area contributed by atoms with Crippen molar-refractivity contribution in [2.75, 3.05) is 18.5 Å². The van der Waals surface area contributed by atoms with E-state index in [-0.39, 0.29) is 4.99 Å². The summed E-state index contributed by atoms with van der Waals surface area (Å²) in [5.41, 5.74) is 6.87. The summed E-state index contributed by atoms with van der Waals surface area (Å²) >= 11 is 4.90. The molecule has 0 aliphatic carbocycles. The smallest absolute Gasteiger partial charge is 0.389 e. The minimum absolute atomic E-state index is 0.0206.